The highest BCUT2D eigenvalue weighted by molar-refractivity contribution is 5.47. The van der Waals surface area contributed by atoms with E-state index < -0.39 is 0 Å². The van der Waals surface area contributed by atoms with E-state index in [2.05, 4.69) is 28.2 Å². The van der Waals surface area contributed by atoms with Crippen LogP contribution in [0.5, 0.6) is 5.75 Å². The quantitative estimate of drug-likeness (QED) is 0.854. The van der Waals surface area contributed by atoms with Gasteiger partial charge in [0.25, 0.3) is 0 Å². The van der Waals surface area contributed by atoms with Gasteiger partial charge in [0.15, 0.2) is 0 Å². The van der Waals surface area contributed by atoms with Crippen LogP contribution in [0, 0.1) is 0 Å². The third kappa shape index (κ3) is 3.86. The molecule has 2 aromatic rings. The van der Waals surface area contributed by atoms with E-state index in [9.17, 15) is 5.11 Å². The Labute approximate surface area is 143 Å². The van der Waals surface area contributed by atoms with Crippen molar-refractivity contribution in [3.8, 4) is 5.75 Å². The van der Waals surface area contributed by atoms with Crippen LogP contribution in [-0.2, 0) is 11.3 Å². The second-order valence-electron chi connectivity index (χ2n) is 5.99. The molecule has 5 nitrogen and oxygen atoms in total. The van der Waals surface area contributed by atoms with E-state index in [1.54, 1.807) is 6.07 Å². The van der Waals surface area contributed by atoms with Gasteiger partial charge in [-0.15, -0.1) is 0 Å². The van der Waals surface area contributed by atoms with E-state index in [1.165, 1.54) is 5.56 Å². The molecule has 0 bridgehead atoms. The number of hydrogen-bond donors (Lipinski definition) is 2. The van der Waals surface area contributed by atoms with E-state index in [-0.39, 0.29) is 6.04 Å². The summed E-state index contributed by atoms with van der Waals surface area (Å²) in [7, 11) is 0. The lowest BCUT2D eigenvalue weighted by Crippen LogP contribution is -2.37. The van der Waals surface area contributed by atoms with Crippen molar-refractivity contribution in [2.75, 3.05) is 31.2 Å². The number of ether oxygens (including phenoxy) is 1. The van der Waals surface area contributed by atoms with E-state index >= 15 is 0 Å². The van der Waals surface area contributed by atoms with Crippen molar-refractivity contribution in [3.05, 3.63) is 53.7 Å². The van der Waals surface area contributed by atoms with Gasteiger partial charge < -0.3 is 20.1 Å². The molecule has 128 valence electrons. The monoisotopic (exact) mass is 327 g/mol. The molecule has 1 saturated heterocycles. The number of phenols is 1. The molecule has 1 unspecified atom stereocenters. The molecule has 1 aliphatic rings. The van der Waals surface area contributed by atoms with Crippen LogP contribution in [0.2, 0.25) is 0 Å². The van der Waals surface area contributed by atoms with Crippen molar-refractivity contribution in [1.29, 1.82) is 0 Å². The van der Waals surface area contributed by atoms with Crippen LogP contribution in [0.15, 0.2) is 42.6 Å². The fourth-order valence-electron chi connectivity index (χ4n) is 3.12. The van der Waals surface area contributed by atoms with Gasteiger partial charge in [0.1, 0.15) is 11.6 Å². The highest BCUT2D eigenvalue weighted by Gasteiger charge is 2.17. The summed E-state index contributed by atoms with van der Waals surface area (Å²) in [6, 6.07) is 11.7. The molecule has 5 heteroatoms. The van der Waals surface area contributed by atoms with Gasteiger partial charge in [-0.25, -0.2) is 4.98 Å². The molecule has 1 aromatic heterocycles. The molecule has 2 N–H and O–H groups in total. The average molecular weight is 327 g/mol. The predicted octanol–water partition coefficient (Wildman–Crippen LogP) is 2.86. The molecule has 0 amide bonds. The number of phenolic OH excluding ortho intramolecular Hbond substituents is 1. The van der Waals surface area contributed by atoms with E-state index in [4.69, 9.17) is 4.74 Å². The highest BCUT2D eigenvalue weighted by atomic mass is 16.5. The Bertz CT molecular complexity index is 657. The molecular weight excluding hydrogens is 302 g/mol. The van der Waals surface area contributed by atoms with E-state index in [0.717, 1.165) is 44.1 Å². The zero-order valence-corrected chi connectivity index (χ0v) is 14.1. The summed E-state index contributed by atoms with van der Waals surface area (Å²) in [5.74, 6) is 1.37. The first-order valence-electron chi connectivity index (χ1n) is 8.57. The first-order chi connectivity index (χ1) is 11.8. The number of rotatable bonds is 6. The zero-order valence-electron chi connectivity index (χ0n) is 14.1. The number of para-hydroxylation sites is 1. The number of pyridine rings is 1. The maximum atomic E-state index is 10.1. The first kappa shape index (κ1) is 16.7. The third-order valence-corrected chi connectivity index (χ3v) is 4.44. The SMILES string of the molecule is CCC(NCc1cccnc1N1CCOCC1)c1ccccc1O. The summed E-state index contributed by atoms with van der Waals surface area (Å²) in [6.07, 6.45) is 2.75. The third-order valence-electron chi connectivity index (χ3n) is 4.44. The molecular formula is C19H25N3O2. The molecule has 0 radical (unpaired) electrons. The average Bonchev–Trinajstić information content (AvgIpc) is 2.64. The molecule has 2 heterocycles. The van der Waals surface area contributed by atoms with Gasteiger partial charge in [0.2, 0.25) is 0 Å². The fourth-order valence-corrected chi connectivity index (χ4v) is 3.12. The van der Waals surface area contributed by atoms with Gasteiger partial charge in [-0.1, -0.05) is 31.2 Å². The van der Waals surface area contributed by atoms with Crippen molar-refractivity contribution < 1.29 is 9.84 Å². The van der Waals surface area contributed by atoms with Crippen LogP contribution < -0.4 is 10.2 Å². The Kier molecular flexibility index (Phi) is 5.67. The predicted molar refractivity (Wildman–Crippen MR) is 95.2 cm³/mol. The summed E-state index contributed by atoms with van der Waals surface area (Å²) in [5.41, 5.74) is 2.12. The molecule has 0 spiro atoms. The van der Waals surface area contributed by atoms with Gasteiger partial charge in [-0.3, -0.25) is 0 Å². The summed E-state index contributed by atoms with van der Waals surface area (Å²) in [5, 5.41) is 13.7. The lowest BCUT2D eigenvalue weighted by molar-refractivity contribution is 0.122. The van der Waals surface area contributed by atoms with Crippen molar-refractivity contribution in [2.24, 2.45) is 0 Å². The van der Waals surface area contributed by atoms with Gasteiger partial charge in [0, 0.05) is 43.0 Å². The maximum absolute atomic E-state index is 10.1. The van der Waals surface area contributed by atoms with E-state index in [1.807, 2.05) is 30.5 Å². The Morgan fingerprint density at radius 1 is 1.21 bits per heavy atom. The minimum Gasteiger partial charge on any atom is -0.508 e. The van der Waals surface area contributed by atoms with Gasteiger partial charge >= 0.3 is 0 Å². The molecule has 1 aliphatic heterocycles. The van der Waals surface area contributed by atoms with E-state index in [0.29, 0.717) is 12.3 Å². The minimum atomic E-state index is 0.115. The number of benzene rings is 1. The van der Waals surface area contributed by atoms with Crippen LogP contribution in [-0.4, -0.2) is 36.4 Å². The summed E-state index contributed by atoms with van der Waals surface area (Å²) < 4.78 is 5.43. The minimum absolute atomic E-state index is 0.115. The first-order valence-corrected chi connectivity index (χ1v) is 8.57. The summed E-state index contributed by atoms with van der Waals surface area (Å²) >= 11 is 0. The lowest BCUT2D eigenvalue weighted by atomic mass is 10.0. The van der Waals surface area contributed by atoms with Crippen LogP contribution in [0.25, 0.3) is 0 Å². The van der Waals surface area contributed by atoms with Gasteiger partial charge in [0.05, 0.1) is 13.2 Å². The number of aromatic hydroxyl groups is 1. The number of nitrogens with one attached hydrogen (secondary N) is 1. The molecule has 24 heavy (non-hydrogen) atoms. The largest absolute Gasteiger partial charge is 0.508 e. The molecule has 1 fully saturated rings. The highest BCUT2D eigenvalue weighted by Crippen LogP contribution is 2.27. The molecule has 1 aromatic carbocycles. The van der Waals surface area contributed by atoms with Crippen molar-refractivity contribution >= 4 is 5.82 Å². The van der Waals surface area contributed by atoms with Crippen molar-refractivity contribution in [1.82, 2.24) is 10.3 Å². The Balaban J connectivity index is 1.73. The molecule has 3 rings (SSSR count). The number of morpholine rings is 1. The summed E-state index contributed by atoms with van der Waals surface area (Å²) in [6.45, 7) is 6.09. The van der Waals surface area contributed by atoms with Crippen LogP contribution >= 0.6 is 0 Å². The summed E-state index contributed by atoms with van der Waals surface area (Å²) in [4.78, 5) is 6.86. The smallest absolute Gasteiger partial charge is 0.133 e. The zero-order chi connectivity index (χ0) is 16.8. The van der Waals surface area contributed by atoms with Gasteiger partial charge in [-0.2, -0.15) is 0 Å². The number of hydrogen-bond acceptors (Lipinski definition) is 5. The van der Waals surface area contributed by atoms with Crippen LogP contribution in [0.1, 0.15) is 30.5 Å². The van der Waals surface area contributed by atoms with Gasteiger partial charge in [-0.05, 0) is 18.6 Å². The van der Waals surface area contributed by atoms with Crippen molar-refractivity contribution in [3.63, 3.8) is 0 Å². The maximum Gasteiger partial charge on any atom is 0.133 e. The normalized spacial score (nSPS) is 16.1. The molecule has 0 aliphatic carbocycles. The molecule has 0 saturated carbocycles. The second-order valence-corrected chi connectivity index (χ2v) is 5.99. The second kappa shape index (κ2) is 8.13. The number of nitrogens with zero attached hydrogens (tertiary/aromatic N) is 2. The molecule has 1 atom stereocenters. The van der Waals surface area contributed by atoms with Crippen molar-refractivity contribution in [2.45, 2.75) is 25.9 Å². The Hall–Kier alpha value is -2.11. The topological polar surface area (TPSA) is 57.6 Å². The van der Waals surface area contributed by atoms with Crippen LogP contribution in [0.4, 0.5) is 5.82 Å². The number of aromatic nitrogens is 1. The van der Waals surface area contributed by atoms with Crippen LogP contribution in [0.3, 0.4) is 0 Å². The Morgan fingerprint density at radius 3 is 2.75 bits per heavy atom. The lowest BCUT2D eigenvalue weighted by Gasteiger charge is -2.30. The standard InChI is InChI=1S/C19H25N3O2/c1-2-17(16-7-3-4-8-18(16)23)21-14-15-6-5-9-20-19(15)22-10-12-24-13-11-22/h3-9,17,21,23H,2,10-14H2,1H3. The fraction of sp³-hybridized carbons (Fsp3) is 0.421. The Morgan fingerprint density at radius 2 is 2.00 bits per heavy atom. The number of anilines is 1.